The molecule has 4 aliphatic carbocycles. The molecular formula is C32H41N5O8. The highest BCUT2D eigenvalue weighted by atomic mass is 16.3. The van der Waals surface area contributed by atoms with Crippen LogP contribution in [0.15, 0.2) is 6.07 Å². The second kappa shape index (κ2) is 10.7. The molecule has 0 bridgehead atoms. The number of phenols is 1. The quantitative estimate of drug-likeness (QED) is 0.241. The molecule has 6 rings (SSSR count). The summed E-state index contributed by atoms with van der Waals surface area (Å²) >= 11 is 0. The molecule has 1 aromatic rings. The van der Waals surface area contributed by atoms with Crippen molar-refractivity contribution in [2.75, 3.05) is 58.0 Å². The summed E-state index contributed by atoms with van der Waals surface area (Å²) in [4.78, 5) is 85.7. The Morgan fingerprint density at radius 2 is 1.69 bits per heavy atom. The number of carbonyl (C=O) groups is 6. The van der Waals surface area contributed by atoms with Gasteiger partial charge < -0.3 is 26.2 Å². The number of ketones is 4. The summed E-state index contributed by atoms with van der Waals surface area (Å²) in [5.41, 5.74) is 3.94. The number of nitrogens with one attached hydrogen (secondary N) is 1. The Balaban J connectivity index is 1.34. The van der Waals surface area contributed by atoms with E-state index in [1.165, 1.54) is 17.7 Å². The van der Waals surface area contributed by atoms with E-state index in [0.717, 1.165) is 25.9 Å². The Morgan fingerprint density at radius 1 is 1.04 bits per heavy atom. The predicted octanol–water partition coefficient (Wildman–Crippen LogP) is -0.252. The van der Waals surface area contributed by atoms with Gasteiger partial charge in [-0.05, 0) is 88.7 Å². The van der Waals surface area contributed by atoms with Crippen LogP contribution in [-0.4, -0.2) is 114 Å². The summed E-state index contributed by atoms with van der Waals surface area (Å²) < 4.78 is 0. The van der Waals surface area contributed by atoms with E-state index in [-0.39, 0.29) is 36.5 Å². The number of rotatable bonds is 6. The summed E-state index contributed by atoms with van der Waals surface area (Å²) in [6.07, 6.45) is 4.70. The second-order valence-electron chi connectivity index (χ2n) is 14.2. The lowest BCUT2D eigenvalue weighted by Gasteiger charge is -2.52. The number of primary amides is 1. The molecule has 1 aromatic carbocycles. The zero-order valence-electron chi connectivity index (χ0n) is 26.1. The number of benzene rings is 1. The minimum Gasteiger partial charge on any atom is -0.505 e. The number of anilines is 2. The minimum absolute atomic E-state index is 0.0190. The van der Waals surface area contributed by atoms with Gasteiger partial charge in [0.25, 0.3) is 0 Å². The van der Waals surface area contributed by atoms with E-state index in [2.05, 4.69) is 10.2 Å². The van der Waals surface area contributed by atoms with E-state index in [1.54, 1.807) is 39.2 Å². The molecule has 2 unspecified atom stereocenters. The molecule has 13 heteroatoms. The normalized spacial score (nSPS) is 32.2. The first-order valence-electron chi connectivity index (χ1n) is 15.5. The number of hydrogen-bond acceptors (Lipinski definition) is 11. The number of piperidine rings is 1. The number of Topliss-reactive ketones (excluding diaryl/α,β-unsaturated/α-hetero) is 4. The Kier molecular flexibility index (Phi) is 7.45. The van der Waals surface area contributed by atoms with Crippen LogP contribution in [0.5, 0.6) is 5.75 Å². The summed E-state index contributed by atoms with van der Waals surface area (Å²) in [7, 11) is 6.60. The van der Waals surface area contributed by atoms with Crippen molar-refractivity contribution >= 4 is 46.3 Å². The molecule has 3 saturated carbocycles. The molecule has 5 aliphatic rings. The van der Waals surface area contributed by atoms with E-state index >= 15 is 0 Å². The summed E-state index contributed by atoms with van der Waals surface area (Å²) in [6.45, 7) is 1.76. The molecule has 242 valence electrons. The van der Waals surface area contributed by atoms with Gasteiger partial charge in [-0.3, -0.25) is 38.6 Å². The van der Waals surface area contributed by atoms with E-state index in [0.29, 0.717) is 16.7 Å². The standard InChI is InChI=1S/C32H41N5O8/c1-35(2)19-13-18(34-20(38)14-37-9-7-31(5-6-31)8-10-37)25(39)22-16(19)11-15-12-17-24(36(3)4)27(41)23(30(33)44)29(43)32(17,45)28(42)21(15)26(22)40/h13,15,17,21,23-24,39,45H,5-12,14H2,1-4H3,(H2,33,44)(H,34,38)/t15-,17-,21?,23?,24-,32-/m0/s1. The predicted molar refractivity (Wildman–Crippen MR) is 162 cm³/mol. The van der Waals surface area contributed by atoms with Crippen LogP contribution < -0.4 is 16.0 Å². The first-order valence-corrected chi connectivity index (χ1v) is 15.5. The highest BCUT2D eigenvalue weighted by Crippen LogP contribution is 2.54. The van der Waals surface area contributed by atoms with Gasteiger partial charge in [-0.15, -0.1) is 0 Å². The number of aromatic hydroxyl groups is 1. The van der Waals surface area contributed by atoms with Crippen molar-refractivity contribution in [1.82, 2.24) is 9.80 Å². The third-order valence-corrected chi connectivity index (χ3v) is 11.0. The van der Waals surface area contributed by atoms with Gasteiger partial charge in [-0.25, -0.2) is 0 Å². The lowest BCUT2D eigenvalue weighted by molar-refractivity contribution is -0.181. The molecule has 13 nitrogen and oxygen atoms in total. The third-order valence-electron chi connectivity index (χ3n) is 11.0. The number of likely N-dealkylation sites (tertiary alicyclic amines) is 1. The number of amides is 2. The lowest BCUT2D eigenvalue weighted by Crippen LogP contribution is -2.74. The van der Waals surface area contributed by atoms with E-state index < -0.39 is 70.1 Å². The highest BCUT2D eigenvalue weighted by molar-refractivity contribution is 6.32. The van der Waals surface area contributed by atoms with Crippen LogP contribution in [0.25, 0.3) is 0 Å². The maximum absolute atomic E-state index is 14.2. The van der Waals surface area contributed by atoms with Crippen molar-refractivity contribution in [3.05, 3.63) is 17.2 Å². The molecule has 5 N–H and O–H groups in total. The fourth-order valence-electron chi connectivity index (χ4n) is 8.40. The number of hydrogen-bond donors (Lipinski definition) is 4. The molecule has 1 aliphatic heterocycles. The number of likely N-dealkylation sites (N-methyl/N-ethyl adjacent to an activating group) is 1. The van der Waals surface area contributed by atoms with Gasteiger partial charge in [0.05, 0.1) is 29.8 Å². The number of fused-ring (bicyclic) bond motifs is 3. The third kappa shape index (κ3) is 4.78. The zero-order chi connectivity index (χ0) is 32.7. The maximum Gasteiger partial charge on any atom is 0.238 e. The Morgan fingerprint density at radius 3 is 2.24 bits per heavy atom. The number of nitrogens with zero attached hydrogens (tertiary/aromatic N) is 3. The maximum atomic E-state index is 14.2. The molecule has 1 heterocycles. The van der Waals surface area contributed by atoms with Crippen molar-refractivity contribution in [3.8, 4) is 5.75 Å². The second-order valence-corrected chi connectivity index (χ2v) is 14.2. The Labute approximate surface area is 261 Å². The van der Waals surface area contributed by atoms with Crippen LogP contribution in [0.2, 0.25) is 0 Å². The summed E-state index contributed by atoms with van der Waals surface area (Å²) in [6, 6.07) is 0.435. The average Bonchev–Trinajstić information content (AvgIpc) is 3.71. The van der Waals surface area contributed by atoms with Crippen LogP contribution in [0.1, 0.15) is 48.0 Å². The van der Waals surface area contributed by atoms with Crippen molar-refractivity contribution < 1.29 is 39.0 Å². The van der Waals surface area contributed by atoms with Gasteiger partial charge in [0.2, 0.25) is 11.8 Å². The summed E-state index contributed by atoms with van der Waals surface area (Å²) in [5, 5.41) is 26.0. The van der Waals surface area contributed by atoms with Gasteiger partial charge in [0, 0.05) is 25.7 Å². The molecule has 4 fully saturated rings. The van der Waals surface area contributed by atoms with Crippen molar-refractivity contribution in [3.63, 3.8) is 0 Å². The monoisotopic (exact) mass is 623 g/mol. The molecule has 2 amide bonds. The van der Waals surface area contributed by atoms with Crippen molar-refractivity contribution in [1.29, 1.82) is 0 Å². The van der Waals surface area contributed by atoms with Crippen molar-refractivity contribution in [2.24, 2.45) is 34.8 Å². The number of nitrogens with two attached hydrogens (primary N) is 1. The van der Waals surface area contributed by atoms with Crippen LogP contribution >= 0.6 is 0 Å². The van der Waals surface area contributed by atoms with E-state index in [9.17, 15) is 39.0 Å². The fraction of sp³-hybridized carbons (Fsp3) is 0.625. The molecular weight excluding hydrogens is 582 g/mol. The van der Waals surface area contributed by atoms with Gasteiger partial charge in [-0.2, -0.15) is 0 Å². The average molecular weight is 624 g/mol. The Bertz CT molecular complexity index is 1520. The van der Waals surface area contributed by atoms with E-state index in [4.69, 9.17) is 5.73 Å². The van der Waals surface area contributed by atoms with Crippen LogP contribution in [0.3, 0.4) is 0 Å². The smallest absolute Gasteiger partial charge is 0.238 e. The van der Waals surface area contributed by atoms with E-state index in [1.807, 2.05) is 0 Å². The van der Waals surface area contributed by atoms with Crippen LogP contribution in [-0.2, 0) is 30.4 Å². The molecule has 1 spiro atoms. The zero-order valence-corrected chi connectivity index (χ0v) is 26.1. The minimum atomic E-state index is -2.80. The van der Waals surface area contributed by atoms with Gasteiger partial charge in [0.1, 0.15) is 5.75 Å². The van der Waals surface area contributed by atoms with Crippen LogP contribution in [0.4, 0.5) is 11.4 Å². The first-order chi connectivity index (χ1) is 21.1. The number of aliphatic hydroxyl groups is 1. The summed E-state index contributed by atoms with van der Waals surface area (Å²) in [5.74, 6) is -11.5. The van der Waals surface area contributed by atoms with Crippen molar-refractivity contribution in [2.45, 2.75) is 50.2 Å². The SMILES string of the molecule is CN(C)c1cc(NC(=O)CN2CCC3(CC2)CC3)c(O)c2c1C[C@H]1C[C@H]3[C@H](N(C)C)C(=O)C(C(N)=O)C(=O)[C@@]3(O)C(=O)C1C2=O. The highest BCUT2D eigenvalue weighted by Gasteiger charge is 2.69. The van der Waals surface area contributed by atoms with Gasteiger partial charge >= 0.3 is 0 Å². The Hall–Kier alpha value is -3.68. The molecule has 0 aromatic heterocycles. The lowest BCUT2D eigenvalue weighted by atomic mass is 9.52. The van der Waals surface area contributed by atoms with Gasteiger partial charge in [0.15, 0.2) is 34.7 Å². The number of carbonyl (C=O) groups excluding carboxylic acids is 6. The molecule has 1 saturated heterocycles. The number of phenolic OH excluding ortho intramolecular Hbond substituents is 1. The van der Waals surface area contributed by atoms with Gasteiger partial charge in [-0.1, -0.05) is 0 Å². The topological polar surface area (TPSA) is 191 Å². The molecule has 6 atom stereocenters. The molecule has 0 radical (unpaired) electrons. The fourth-order valence-corrected chi connectivity index (χ4v) is 8.40. The first kappa shape index (κ1) is 31.3. The largest absolute Gasteiger partial charge is 0.505 e. The van der Waals surface area contributed by atoms with Crippen LogP contribution in [0, 0.1) is 29.1 Å². The molecule has 45 heavy (non-hydrogen) atoms.